The molecule has 3 aliphatic heterocycles. The number of aliphatic hydroxyl groups is 1. The van der Waals surface area contributed by atoms with E-state index in [0.29, 0.717) is 41.1 Å². The molecule has 9 nitrogen and oxygen atoms in total. The number of fused-ring (bicyclic) bond motifs is 2. The number of hydrogen-bond donors (Lipinski definition) is 1. The maximum atomic E-state index is 12.0. The van der Waals surface area contributed by atoms with Gasteiger partial charge in [-0.2, -0.15) is 4.36 Å². The zero-order chi connectivity index (χ0) is 25.7. The van der Waals surface area contributed by atoms with Gasteiger partial charge in [0.1, 0.15) is 18.3 Å². The molecule has 1 aromatic carbocycles. The van der Waals surface area contributed by atoms with Gasteiger partial charge < -0.3 is 19.3 Å². The fraction of sp³-hybridized carbons (Fsp3) is 0.346. The van der Waals surface area contributed by atoms with E-state index < -0.39 is 15.8 Å². The van der Waals surface area contributed by atoms with Crippen molar-refractivity contribution in [3.63, 3.8) is 0 Å². The van der Waals surface area contributed by atoms with Crippen LogP contribution in [0.1, 0.15) is 5.69 Å². The Labute approximate surface area is 219 Å². The van der Waals surface area contributed by atoms with E-state index in [2.05, 4.69) is 14.3 Å². The van der Waals surface area contributed by atoms with Crippen LogP contribution in [-0.4, -0.2) is 75.3 Å². The highest BCUT2D eigenvalue weighted by molar-refractivity contribution is 7.92. The summed E-state index contributed by atoms with van der Waals surface area (Å²) < 4.78 is 33.6. The van der Waals surface area contributed by atoms with Crippen LogP contribution in [0.15, 0.2) is 58.0 Å². The lowest BCUT2D eigenvalue weighted by atomic mass is 10.0. The minimum absolute atomic E-state index is 0.248. The van der Waals surface area contributed by atoms with Crippen LogP contribution in [0.4, 0.5) is 11.5 Å². The first-order chi connectivity index (χ1) is 17.7. The van der Waals surface area contributed by atoms with Crippen LogP contribution in [0.25, 0.3) is 22.4 Å². The summed E-state index contributed by atoms with van der Waals surface area (Å²) >= 11 is 6.60. The van der Waals surface area contributed by atoms with Crippen molar-refractivity contribution in [3.8, 4) is 22.4 Å². The third-order valence-electron chi connectivity index (χ3n) is 6.42. The van der Waals surface area contributed by atoms with Crippen molar-refractivity contribution < 1.29 is 23.5 Å². The molecule has 0 aliphatic carbocycles. The lowest BCUT2D eigenvalue weighted by Gasteiger charge is -2.17. The smallest absolute Gasteiger partial charge is 0.195 e. The van der Waals surface area contributed by atoms with Crippen molar-refractivity contribution >= 4 is 38.7 Å². The Balaban J connectivity index is 1.19. The van der Waals surface area contributed by atoms with Crippen molar-refractivity contribution in [2.75, 3.05) is 25.7 Å². The molecule has 3 aliphatic rings. The van der Waals surface area contributed by atoms with Gasteiger partial charge in [-0.15, -0.1) is 0 Å². The molecule has 192 valence electrons. The summed E-state index contributed by atoms with van der Waals surface area (Å²) in [6.45, 7) is 0.592. The molecule has 0 unspecified atom stereocenters. The van der Waals surface area contributed by atoms with Crippen molar-refractivity contribution in [1.82, 2.24) is 9.97 Å². The van der Waals surface area contributed by atoms with Gasteiger partial charge in [-0.3, -0.25) is 0 Å². The molecule has 37 heavy (non-hydrogen) atoms. The van der Waals surface area contributed by atoms with Crippen LogP contribution in [0.3, 0.4) is 0 Å². The fourth-order valence-corrected chi connectivity index (χ4v) is 5.55. The predicted molar refractivity (Wildman–Crippen MR) is 141 cm³/mol. The largest absolute Gasteiger partial charge is 0.472 e. The van der Waals surface area contributed by atoms with Crippen LogP contribution < -0.4 is 0 Å². The van der Waals surface area contributed by atoms with Gasteiger partial charge in [-0.1, -0.05) is 35.9 Å². The lowest BCUT2D eigenvalue weighted by Crippen LogP contribution is -2.34. The van der Waals surface area contributed by atoms with E-state index in [1.165, 1.54) is 0 Å². The number of aliphatic imine (C=N–C) groups is 1. The Hall–Kier alpha value is -2.89. The van der Waals surface area contributed by atoms with Gasteiger partial charge >= 0.3 is 0 Å². The zero-order valence-corrected chi connectivity index (χ0v) is 21.8. The normalized spacial score (nSPS) is 24.5. The second-order valence-electron chi connectivity index (χ2n) is 9.54. The second-order valence-corrected chi connectivity index (χ2v) is 12.5. The number of rotatable bonds is 4. The van der Waals surface area contributed by atoms with E-state index in [4.69, 9.17) is 30.8 Å². The average Bonchev–Trinajstić information content (AvgIpc) is 3.54. The van der Waals surface area contributed by atoms with Gasteiger partial charge in [0.15, 0.2) is 17.8 Å². The quantitative estimate of drug-likeness (QED) is 0.532. The van der Waals surface area contributed by atoms with Crippen LogP contribution in [0.5, 0.6) is 0 Å². The molecule has 6 rings (SSSR count). The number of pyridine rings is 2. The highest BCUT2D eigenvalue weighted by atomic mass is 35.5. The maximum absolute atomic E-state index is 12.0. The molecule has 11 heteroatoms. The molecule has 0 amide bonds. The van der Waals surface area contributed by atoms with E-state index in [0.717, 1.165) is 22.4 Å². The second kappa shape index (κ2) is 9.45. The van der Waals surface area contributed by atoms with Gasteiger partial charge in [0.25, 0.3) is 0 Å². The van der Waals surface area contributed by atoms with Gasteiger partial charge in [0.2, 0.25) is 0 Å². The number of nitrogens with zero attached hydrogens (tertiary/aromatic N) is 4. The summed E-state index contributed by atoms with van der Waals surface area (Å²) in [5, 5.41) is 10.4. The van der Waals surface area contributed by atoms with Gasteiger partial charge in [-0.05, 0) is 29.3 Å². The van der Waals surface area contributed by atoms with Crippen molar-refractivity contribution in [2.45, 2.75) is 30.8 Å². The molecule has 0 radical (unpaired) electrons. The van der Waals surface area contributed by atoms with Crippen LogP contribution in [0.2, 0.25) is 5.02 Å². The third kappa shape index (κ3) is 4.99. The van der Waals surface area contributed by atoms with E-state index >= 15 is 0 Å². The van der Waals surface area contributed by atoms with E-state index in [9.17, 15) is 9.32 Å². The van der Waals surface area contributed by atoms with Gasteiger partial charge in [0.05, 0.1) is 41.7 Å². The first-order valence-electron chi connectivity index (χ1n) is 11.8. The van der Waals surface area contributed by atoms with Crippen molar-refractivity contribution in [3.05, 3.63) is 59.4 Å². The Morgan fingerprint density at radius 2 is 1.81 bits per heavy atom. The molecule has 3 aromatic rings. The molecule has 0 bridgehead atoms. The zero-order valence-electron chi connectivity index (χ0n) is 20.2. The summed E-state index contributed by atoms with van der Waals surface area (Å²) in [7, 11) is -2.30. The van der Waals surface area contributed by atoms with Crippen LogP contribution >= 0.6 is 11.6 Å². The summed E-state index contributed by atoms with van der Waals surface area (Å²) in [6.07, 6.45) is 3.65. The Bertz CT molecular complexity index is 1510. The highest BCUT2D eigenvalue weighted by Gasteiger charge is 2.48. The molecular weight excluding hydrogens is 516 g/mol. The monoisotopic (exact) mass is 540 g/mol. The maximum Gasteiger partial charge on any atom is 0.195 e. The summed E-state index contributed by atoms with van der Waals surface area (Å²) in [5.74, 6) is 0.973. The summed E-state index contributed by atoms with van der Waals surface area (Å²) in [5.41, 5.74) is 4.88. The van der Waals surface area contributed by atoms with Crippen LogP contribution in [-0.2, 0) is 30.4 Å². The number of halogens is 1. The van der Waals surface area contributed by atoms with E-state index in [-0.39, 0.29) is 24.9 Å². The number of aromatic nitrogens is 2. The number of benzene rings is 1. The molecule has 5 heterocycles. The van der Waals surface area contributed by atoms with E-state index in [1.807, 2.05) is 36.4 Å². The minimum Gasteiger partial charge on any atom is -0.472 e. The highest BCUT2D eigenvalue weighted by Crippen LogP contribution is 2.37. The Morgan fingerprint density at radius 1 is 1.05 bits per heavy atom. The molecule has 4 atom stereocenters. The molecule has 2 saturated heterocycles. The Morgan fingerprint density at radius 3 is 2.59 bits per heavy atom. The summed E-state index contributed by atoms with van der Waals surface area (Å²) in [4.78, 5) is 13.6. The fourth-order valence-electron chi connectivity index (χ4n) is 4.75. The lowest BCUT2D eigenvalue weighted by molar-refractivity contribution is 0.00558. The van der Waals surface area contributed by atoms with Crippen molar-refractivity contribution in [1.29, 1.82) is 0 Å². The predicted octanol–water partition coefficient (Wildman–Crippen LogP) is 3.95. The Kier molecular flexibility index (Phi) is 6.24. The number of aliphatic hydroxyl groups excluding tert-OH is 1. The first kappa shape index (κ1) is 24.4. The molecule has 2 aromatic heterocycles. The molecule has 0 spiro atoms. The number of ether oxygens (including phenoxy) is 3. The standard InChI is InChI=1S/C26H25ClN4O5S/c1-37(2,33)31-22-9-16(7-8-28-22)14-3-5-15(6-4-14)24-17(27)10-18-19(30-24)11-23(29-18)36-21-13-35-25-20(32)12-34-26(21)25/h3-10,20-21,25-26,32H,11-13H2,1-2H3/t20-,21-,25-,26-/m1/s1. The molecular formula is C26H25ClN4O5S. The number of hydrogen-bond acceptors (Lipinski definition) is 9. The minimum atomic E-state index is -2.30. The topological polar surface area (TPSA) is 115 Å². The first-order valence-corrected chi connectivity index (χ1v) is 14.5. The van der Waals surface area contributed by atoms with E-state index in [1.54, 1.807) is 24.8 Å². The van der Waals surface area contributed by atoms with Crippen molar-refractivity contribution in [2.24, 2.45) is 9.36 Å². The molecule has 1 N–H and O–H groups in total. The van der Waals surface area contributed by atoms with Gasteiger partial charge in [-0.25, -0.2) is 19.2 Å². The molecule has 0 saturated carbocycles. The van der Waals surface area contributed by atoms with Gasteiger partial charge in [0, 0.05) is 34.0 Å². The average molecular weight is 541 g/mol. The van der Waals surface area contributed by atoms with Crippen LogP contribution in [0, 0.1) is 0 Å². The SMILES string of the molecule is CS(C)(=O)=Nc1cc(-c2ccc(-c3nc4c(cc3Cl)N=C(O[C@@H]3CO[C@H]5[C@@H]3OC[C@H]5O)C4)cc2)ccn1. The summed E-state index contributed by atoms with van der Waals surface area (Å²) in [6, 6.07) is 13.4. The third-order valence-corrected chi connectivity index (χ3v) is 7.33. The molecule has 2 fully saturated rings.